The van der Waals surface area contributed by atoms with E-state index >= 15 is 0 Å². The lowest BCUT2D eigenvalue weighted by atomic mass is 10.2. The van der Waals surface area contributed by atoms with Gasteiger partial charge in [0, 0.05) is 44.0 Å². The van der Waals surface area contributed by atoms with Crippen molar-refractivity contribution < 1.29 is 4.79 Å². The monoisotopic (exact) mass is 342 g/mol. The van der Waals surface area contributed by atoms with E-state index in [9.17, 15) is 4.79 Å². The molecule has 1 amide bonds. The molecule has 1 fully saturated rings. The molecule has 1 aliphatic heterocycles. The first kappa shape index (κ1) is 14.6. The van der Waals surface area contributed by atoms with Gasteiger partial charge in [-0.15, -0.1) is 11.3 Å². The Labute approximate surface area is 136 Å². The second-order valence-electron chi connectivity index (χ2n) is 4.59. The highest BCUT2D eigenvalue weighted by Crippen LogP contribution is 2.22. The zero-order chi connectivity index (χ0) is 14.8. The highest BCUT2D eigenvalue weighted by Gasteiger charge is 2.23. The average Bonchev–Trinajstić information content (AvgIpc) is 3.04. The molecule has 0 aromatic carbocycles. The molecule has 0 saturated carbocycles. The maximum absolute atomic E-state index is 12.4. The lowest BCUT2D eigenvalue weighted by Crippen LogP contribution is -2.48. The first-order valence-corrected chi connectivity index (χ1v) is 8.03. The molecule has 1 aliphatic rings. The van der Waals surface area contributed by atoms with Gasteiger partial charge in [0.15, 0.2) is 5.13 Å². The van der Waals surface area contributed by atoms with E-state index in [0.29, 0.717) is 23.7 Å². The summed E-state index contributed by atoms with van der Waals surface area (Å²) in [7, 11) is 0. The molecule has 110 valence electrons. The molecule has 3 heterocycles. The first-order valence-electron chi connectivity index (χ1n) is 6.40. The van der Waals surface area contributed by atoms with E-state index in [-0.39, 0.29) is 11.1 Å². The number of hydrogen-bond donors (Lipinski definition) is 0. The van der Waals surface area contributed by atoms with Crippen molar-refractivity contribution in [3.63, 3.8) is 0 Å². The molecule has 3 rings (SSSR count). The first-order chi connectivity index (χ1) is 10.1. The predicted octanol–water partition coefficient (Wildman–Crippen LogP) is 2.81. The summed E-state index contributed by atoms with van der Waals surface area (Å²) in [5.41, 5.74) is 0.465. The van der Waals surface area contributed by atoms with Crippen molar-refractivity contribution >= 4 is 45.6 Å². The number of pyridine rings is 1. The normalized spacial score (nSPS) is 15.3. The topological polar surface area (TPSA) is 49.3 Å². The van der Waals surface area contributed by atoms with Gasteiger partial charge in [-0.25, -0.2) is 9.97 Å². The zero-order valence-electron chi connectivity index (χ0n) is 11.0. The fraction of sp³-hybridized carbons (Fsp3) is 0.308. The van der Waals surface area contributed by atoms with Gasteiger partial charge in [0.05, 0.1) is 10.6 Å². The maximum atomic E-state index is 12.4. The third kappa shape index (κ3) is 3.12. The van der Waals surface area contributed by atoms with Crippen LogP contribution in [0.25, 0.3) is 0 Å². The minimum atomic E-state index is -0.0696. The minimum absolute atomic E-state index is 0.0696. The number of thiazole rings is 1. The summed E-state index contributed by atoms with van der Waals surface area (Å²) in [5, 5.41) is 3.46. The molecule has 5 nitrogen and oxygen atoms in total. The predicted molar refractivity (Wildman–Crippen MR) is 84.5 cm³/mol. The number of rotatable bonds is 2. The van der Waals surface area contributed by atoms with Crippen LogP contribution in [0, 0.1) is 0 Å². The Hall–Kier alpha value is -1.37. The summed E-state index contributed by atoms with van der Waals surface area (Å²) in [6, 6.07) is 1.56. The fourth-order valence-electron chi connectivity index (χ4n) is 2.19. The third-order valence-electron chi connectivity index (χ3n) is 3.30. The molecule has 0 unspecified atom stereocenters. The van der Waals surface area contributed by atoms with Crippen molar-refractivity contribution in [3.05, 3.63) is 39.6 Å². The standard InChI is InChI=1S/C13H12Cl2N4OS/c14-10-7-9(8-17-11(10)15)12(20)18-2-4-19(5-3-18)13-16-1-6-21-13/h1,6-8H,2-5H2. The van der Waals surface area contributed by atoms with Gasteiger partial charge in [0.1, 0.15) is 5.15 Å². The van der Waals surface area contributed by atoms with E-state index in [4.69, 9.17) is 23.2 Å². The van der Waals surface area contributed by atoms with Gasteiger partial charge < -0.3 is 9.80 Å². The number of carbonyl (C=O) groups is 1. The molecule has 0 radical (unpaired) electrons. The number of nitrogens with zero attached hydrogens (tertiary/aromatic N) is 4. The van der Waals surface area contributed by atoms with Gasteiger partial charge in [-0.05, 0) is 6.07 Å². The SMILES string of the molecule is O=C(c1cnc(Cl)c(Cl)c1)N1CCN(c2nccs2)CC1. The van der Waals surface area contributed by atoms with Crippen molar-refractivity contribution in [2.24, 2.45) is 0 Å². The minimum Gasteiger partial charge on any atom is -0.345 e. The van der Waals surface area contributed by atoms with Crippen molar-refractivity contribution in [2.45, 2.75) is 0 Å². The molecule has 0 N–H and O–H groups in total. The number of hydrogen-bond acceptors (Lipinski definition) is 5. The Morgan fingerprint density at radius 1 is 1.19 bits per heavy atom. The number of halogens is 2. The fourth-order valence-corrected chi connectivity index (χ4v) is 3.16. The van der Waals surface area contributed by atoms with Crippen LogP contribution in [0.15, 0.2) is 23.8 Å². The Kier molecular flexibility index (Phi) is 4.28. The van der Waals surface area contributed by atoms with Gasteiger partial charge in [-0.3, -0.25) is 4.79 Å². The molecule has 8 heteroatoms. The molecule has 2 aromatic heterocycles. The van der Waals surface area contributed by atoms with E-state index in [2.05, 4.69) is 14.9 Å². The number of aromatic nitrogens is 2. The largest absolute Gasteiger partial charge is 0.345 e. The van der Waals surface area contributed by atoms with Crippen LogP contribution in [0.2, 0.25) is 10.2 Å². The van der Waals surface area contributed by atoms with Crippen LogP contribution in [0.1, 0.15) is 10.4 Å². The Morgan fingerprint density at radius 3 is 2.57 bits per heavy atom. The van der Waals surface area contributed by atoms with Gasteiger partial charge in [0.25, 0.3) is 5.91 Å². The van der Waals surface area contributed by atoms with E-state index in [1.165, 1.54) is 6.20 Å². The molecule has 0 bridgehead atoms. The molecular weight excluding hydrogens is 331 g/mol. The highest BCUT2D eigenvalue weighted by atomic mass is 35.5. The van der Waals surface area contributed by atoms with Crippen LogP contribution >= 0.6 is 34.5 Å². The second-order valence-corrected chi connectivity index (χ2v) is 6.23. The van der Waals surface area contributed by atoms with Gasteiger partial charge >= 0.3 is 0 Å². The van der Waals surface area contributed by atoms with Gasteiger partial charge in [-0.1, -0.05) is 23.2 Å². The van der Waals surface area contributed by atoms with Crippen LogP contribution in [-0.2, 0) is 0 Å². The molecule has 0 spiro atoms. The van der Waals surface area contributed by atoms with E-state index in [1.54, 1.807) is 28.5 Å². The lowest BCUT2D eigenvalue weighted by Gasteiger charge is -2.34. The quantitative estimate of drug-likeness (QED) is 0.787. The molecular formula is C13H12Cl2N4OS. The van der Waals surface area contributed by atoms with Crippen molar-refractivity contribution in [1.82, 2.24) is 14.9 Å². The van der Waals surface area contributed by atoms with Crippen molar-refractivity contribution in [1.29, 1.82) is 0 Å². The molecule has 1 saturated heterocycles. The Balaban J connectivity index is 1.66. The van der Waals surface area contributed by atoms with Crippen LogP contribution in [0.5, 0.6) is 0 Å². The number of carbonyl (C=O) groups excluding carboxylic acids is 1. The van der Waals surface area contributed by atoms with Crippen LogP contribution in [0.3, 0.4) is 0 Å². The molecule has 21 heavy (non-hydrogen) atoms. The molecule has 2 aromatic rings. The van der Waals surface area contributed by atoms with Crippen molar-refractivity contribution in [3.8, 4) is 0 Å². The smallest absolute Gasteiger partial charge is 0.255 e. The Bertz CT molecular complexity index is 642. The summed E-state index contributed by atoms with van der Waals surface area (Å²) >= 11 is 13.3. The highest BCUT2D eigenvalue weighted by molar-refractivity contribution is 7.13. The van der Waals surface area contributed by atoms with Gasteiger partial charge in [0.2, 0.25) is 0 Å². The molecule has 0 aliphatic carbocycles. The summed E-state index contributed by atoms with van der Waals surface area (Å²) in [4.78, 5) is 24.6. The maximum Gasteiger partial charge on any atom is 0.255 e. The summed E-state index contributed by atoms with van der Waals surface area (Å²) in [6.07, 6.45) is 3.25. The second kappa shape index (κ2) is 6.17. The van der Waals surface area contributed by atoms with E-state index < -0.39 is 0 Å². The lowest BCUT2D eigenvalue weighted by molar-refractivity contribution is 0.0746. The number of piperazine rings is 1. The summed E-state index contributed by atoms with van der Waals surface area (Å²) < 4.78 is 0. The average molecular weight is 343 g/mol. The molecule has 0 atom stereocenters. The van der Waals surface area contributed by atoms with Crippen LogP contribution in [-0.4, -0.2) is 47.0 Å². The van der Waals surface area contributed by atoms with Crippen molar-refractivity contribution in [2.75, 3.05) is 31.1 Å². The third-order valence-corrected chi connectivity index (χ3v) is 4.82. The van der Waals surface area contributed by atoms with E-state index in [0.717, 1.165) is 18.2 Å². The summed E-state index contributed by atoms with van der Waals surface area (Å²) in [5.74, 6) is -0.0696. The summed E-state index contributed by atoms with van der Waals surface area (Å²) in [6.45, 7) is 2.85. The van der Waals surface area contributed by atoms with Gasteiger partial charge in [-0.2, -0.15) is 0 Å². The van der Waals surface area contributed by atoms with Crippen LogP contribution in [0.4, 0.5) is 5.13 Å². The number of anilines is 1. The Morgan fingerprint density at radius 2 is 1.95 bits per heavy atom. The van der Waals surface area contributed by atoms with E-state index in [1.807, 2.05) is 5.38 Å². The van der Waals surface area contributed by atoms with Crippen LogP contribution < -0.4 is 4.90 Å². The zero-order valence-corrected chi connectivity index (χ0v) is 13.3. The number of amides is 1.